The van der Waals surface area contributed by atoms with Crippen LogP contribution in [0.1, 0.15) is 103 Å². The molecule has 0 fully saturated rings. The lowest BCUT2D eigenvalue weighted by molar-refractivity contribution is 0.589. The highest BCUT2D eigenvalue weighted by molar-refractivity contribution is 5.65. The average Bonchev–Trinajstić information content (AvgIpc) is 3.03. The van der Waals surface area contributed by atoms with Gasteiger partial charge in [-0.2, -0.15) is 0 Å². The fourth-order valence-electron chi connectivity index (χ4n) is 4.75. The quantitative estimate of drug-likeness (QED) is 0.199. The van der Waals surface area contributed by atoms with Crippen LogP contribution in [-0.4, -0.2) is 0 Å². The largest absolute Gasteiger partial charge is 0.356 e. The molecular weight excluding hydrogens is 556 g/mol. The van der Waals surface area contributed by atoms with Crippen molar-refractivity contribution in [3.63, 3.8) is 0 Å². The highest BCUT2D eigenvalue weighted by Crippen LogP contribution is 2.25. The van der Waals surface area contributed by atoms with Crippen molar-refractivity contribution >= 4 is 22.7 Å². The predicted molar refractivity (Wildman–Crippen MR) is 204 cm³/mol. The van der Waals surface area contributed by atoms with Crippen molar-refractivity contribution in [2.24, 2.45) is 0 Å². The molecule has 0 aliphatic rings. The van der Waals surface area contributed by atoms with E-state index in [-0.39, 0.29) is 10.8 Å². The van der Waals surface area contributed by atoms with E-state index >= 15 is 0 Å². The lowest BCUT2D eigenvalue weighted by Gasteiger charge is -2.19. The third kappa shape index (κ3) is 12.2. The first-order valence-corrected chi connectivity index (χ1v) is 16.7. The summed E-state index contributed by atoms with van der Waals surface area (Å²) in [5, 5.41) is 6.73. The Morgan fingerprint density at radius 2 is 0.609 bits per heavy atom. The molecule has 0 aliphatic carbocycles. The molecule has 0 spiro atoms. The molecule has 0 unspecified atom stereocenters. The zero-order valence-corrected chi connectivity index (χ0v) is 29.9. The lowest BCUT2D eigenvalue weighted by atomic mass is 9.86. The first-order chi connectivity index (χ1) is 21.7. The second-order valence-corrected chi connectivity index (χ2v) is 14.6. The summed E-state index contributed by atoms with van der Waals surface area (Å²) in [7, 11) is 0. The Bertz CT molecular complexity index is 1410. The van der Waals surface area contributed by atoms with Gasteiger partial charge in [-0.15, -0.1) is 0 Å². The summed E-state index contributed by atoms with van der Waals surface area (Å²) in [4.78, 5) is 0. The molecule has 2 N–H and O–H groups in total. The summed E-state index contributed by atoms with van der Waals surface area (Å²) in [5.74, 6) is 1.27. The summed E-state index contributed by atoms with van der Waals surface area (Å²) < 4.78 is 0. The van der Waals surface area contributed by atoms with Crippen LogP contribution in [0.15, 0.2) is 133 Å². The van der Waals surface area contributed by atoms with Crippen molar-refractivity contribution in [3.05, 3.63) is 156 Å². The summed E-state index contributed by atoms with van der Waals surface area (Å²) in [6.07, 6.45) is 0. The van der Waals surface area contributed by atoms with E-state index < -0.39 is 0 Å². The Morgan fingerprint density at radius 3 is 0.848 bits per heavy atom. The van der Waals surface area contributed by atoms with Gasteiger partial charge in [0.25, 0.3) is 0 Å². The van der Waals surface area contributed by atoms with Crippen molar-refractivity contribution in [3.8, 4) is 0 Å². The maximum atomic E-state index is 3.37. The average molecular weight is 613 g/mol. The molecule has 0 heterocycles. The molecule has 0 aliphatic heterocycles. The summed E-state index contributed by atoms with van der Waals surface area (Å²) >= 11 is 0. The smallest absolute Gasteiger partial charge is 0.0385 e. The van der Waals surface area contributed by atoms with Gasteiger partial charge >= 0.3 is 0 Å². The van der Waals surface area contributed by atoms with Gasteiger partial charge in [-0.05, 0) is 93.5 Å². The van der Waals surface area contributed by atoms with Crippen molar-refractivity contribution < 1.29 is 0 Å². The SMILES string of the molecule is CC(C)c1ccc(C(C)(C)C)cc1.CC(C)c1ccc(C(C)(C)C)cc1.c1ccc(Nc2ccc(Nc3ccccc3)cc2)cc1. The molecule has 0 amide bonds. The molecule has 242 valence electrons. The van der Waals surface area contributed by atoms with Gasteiger partial charge in [0.05, 0.1) is 0 Å². The third-order valence-electron chi connectivity index (χ3n) is 7.90. The maximum absolute atomic E-state index is 3.37. The Hall–Kier alpha value is -4.30. The number of nitrogens with one attached hydrogen (secondary N) is 2. The Balaban J connectivity index is 0.000000196. The second kappa shape index (κ2) is 16.9. The van der Waals surface area contributed by atoms with Crippen LogP contribution in [0.4, 0.5) is 22.7 Å². The molecule has 5 aromatic rings. The fourth-order valence-corrected chi connectivity index (χ4v) is 4.75. The summed E-state index contributed by atoms with van der Waals surface area (Å²) in [6, 6.07) is 46.5. The molecule has 0 saturated carbocycles. The number of anilines is 4. The molecule has 0 saturated heterocycles. The van der Waals surface area contributed by atoms with Crippen LogP contribution < -0.4 is 10.6 Å². The zero-order valence-electron chi connectivity index (χ0n) is 29.9. The van der Waals surface area contributed by atoms with Crippen LogP contribution in [0.3, 0.4) is 0 Å². The molecular formula is C44H56N2. The van der Waals surface area contributed by atoms with Gasteiger partial charge in [0.2, 0.25) is 0 Å². The van der Waals surface area contributed by atoms with Crippen LogP contribution >= 0.6 is 0 Å². The van der Waals surface area contributed by atoms with E-state index in [1.807, 2.05) is 36.4 Å². The fraction of sp³-hybridized carbons (Fsp3) is 0.318. The summed E-state index contributed by atoms with van der Waals surface area (Å²) in [6.45, 7) is 22.4. The molecule has 2 heteroatoms. The molecule has 0 bridgehead atoms. The second-order valence-electron chi connectivity index (χ2n) is 14.6. The number of para-hydroxylation sites is 2. The normalized spacial score (nSPS) is 11.2. The predicted octanol–water partition coefficient (Wildman–Crippen LogP) is 13.4. The van der Waals surface area contributed by atoms with Crippen molar-refractivity contribution in [2.45, 2.75) is 91.9 Å². The monoisotopic (exact) mass is 612 g/mol. The first kappa shape index (κ1) is 36.2. The van der Waals surface area contributed by atoms with Gasteiger partial charge in [-0.25, -0.2) is 0 Å². The molecule has 0 atom stereocenters. The first-order valence-electron chi connectivity index (χ1n) is 16.7. The van der Waals surface area contributed by atoms with Crippen molar-refractivity contribution in [1.82, 2.24) is 0 Å². The zero-order chi connectivity index (χ0) is 33.7. The van der Waals surface area contributed by atoms with E-state index in [2.05, 4.69) is 177 Å². The number of hydrogen-bond acceptors (Lipinski definition) is 2. The van der Waals surface area contributed by atoms with E-state index in [1.165, 1.54) is 22.3 Å². The molecule has 5 aromatic carbocycles. The van der Waals surface area contributed by atoms with E-state index in [0.717, 1.165) is 22.7 Å². The number of benzene rings is 5. The van der Waals surface area contributed by atoms with E-state index in [9.17, 15) is 0 Å². The van der Waals surface area contributed by atoms with Crippen molar-refractivity contribution in [2.75, 3.05) is 10.6 Å². The minimum atomic E-state index is 0.273. The van der Waals surface area contributed by atoms with Crippen LogP contribution in [0.25, 0.3) is 0 Å². The topological polar surface area (TPSA) is 24.1 Å². The van der Waals surface area contributed by atoms with E-state index in [1.54, 1.807) is 0 Å². The van der Waals surface area contributed by atoms with Gasteiger partial charge in [0.15, 0.2) is 0 Å². The Morgan fingerprint density at radius 1 is 0.348 bits per heavy atom. The van der Waals surface area contributed by atoms with Crippen LogP contribution in [-0.2, 0) is 10.8 Å². The van der Waals surface area contributed by atoms with Gasteiger partial charge in [-0.3, -0.25) is 0 Å². The third-order valence-corrected chi connectivity index (χ3v) is 7.90. The highest BCUT2D eigenvalue weighted by Gasteiger charge is 2.14. The van der Waals surface area contributed by atoms with Crippen LogP contribution in [0.2, 0.25) is 0 Å². The lowest BCUT2D eigenvalue weighted by Crippen LogP contribution is -2.10. The highest BCUT2D eigenvalue weighted by atomic mass is 14.9. The molecule has 0 radical (unpaired) electrons. The van der Waals surface area contributed by atoms with Gasteiger partial charge < -0.3 is 10.6 Å². The number of hydrogen-bond donors (Lipinski definition) is 2. The Kier molecular flexibility index (Phi) is 13.2. The standard InChI is InChI=1S/C18H16N2.2C13H20/c1-3-7-15(8-4-1)19-17-11-13-18(14-12-17)20-16-9-5-2-6-10-16;2*1-10(2)11-6-8-12(9-7-11)13(3,4)5/h1-14,19-20H;2*6-10H,1-5H3. The minimum absolute atomic E-state index is 0.273. The molecule has 46 heavy (non-hydrogen) atoms. The van der Waals surface area contributed by atoms with Gasteiger partial charge in [0, 0.05) is 22.7 Å². The van der Waals surface area contributed by atoms with Crippen molar-refractivity contribution in [1.29, 1.82) is 0 Å². The van der Waals surface area contributed by atoms with Gasteiger partial charge in [0.1, 0.15) is 0 Å². The van der Waals surface area contributed by atoms with E-state index in [0.29, 0.717) is 11.8 Å². The molecule has 2 nitrogen and oxygen atoms in total. The molecule has 0 aromatic heterocycles. The van der Waals surface area contributed by atoms with Crippen LogP contribution in [0.5, 0.6) is 0 Å². The maximum Gasteiger partial charge on any atom is 0.0385 e. The molecule has 5 rings (SSSR count). The summed E-state index contributed by atoms with van der Waals surface area (Å²) in [5.41, 5.74) is 10.6. The van der Waals surface area contributed by atoms with E-state index in [4.69, 9.17) is 0 Å². The van der Waals surface area contributed by atoms with Gasteiger partial charge in [-0.1, -0.05) is 154 Å². The number of rotatable bonds is 6. The van der Waals surface area contributed by atoms with Crippen LogP contribution in [0, 0.1) is 0 Å². The Labute approximate surface area is 280 Å². The minimum Gasteiger partial charge on any atom is -0.356 e.